The molecule has 0 unspecified atom stereocenters. The first-order valence-corrected chi connectivity index (χ1v) is 31.6. The molecule has 0 bridgehead atoms. The summed E-state index contributed by atoms with van der Waals surface area (Å²) in [6.07, 6.45) is 7.92. The number of nitrogens with one attached hydrogen (secondary N) is 4. The van der Waals surface area contributed by atoms with E-state index >= 15 is 0 Å². The molecule has 1 amide bonds. The van der Waals surface area contributed by atoms with Crippen molar-refractivity contribution in [3.8, 4) is 0 Å². The second kappa shape index (κ2) is 30.5. The zero-order valence-electron chi connectivity index (χ0n) is 45.9. The summed E-state index contributed by atoms with van der Waals surface area (Å²) in [6, 6.07) is 54.2. The van der Waals surface area contributed by atoms with Gasteiger partial charge in [0.1, 0.15) is 0 Å². The van der Waals surface area contributed by atoms with E-state index in [0.717, 1.165) is 84.6 Å². The Hall–Kier alpha value is -8.82. The predicted octanol–water partition coefficient (Wildman–Crippen LogP) is 12.3. The fourth-order valence-corrected chi connectivity index (χ4v) is 11.5. The zero-order chi connectivity index (χ0) is 60.9. The number of amides is 1. The van der Waals surface area contributed by atoms with Crippen LogP contribution in [0.2, 0.25) is 5.02 Å². The van der Waals surface area contributed by atoms with Gasteiger partial charge in [-0.15, -0.1) is 0 Å². The Labute approximate surface area is 494 Å². The summed E-state index contributed by atoms with van der Waals surface area (Å²) >= 11 is 5.83. The number of carboxylic acids is 3. The van der Waals surface area contributed by atoms with Crippen molar-refractivity contribution in [2.75, 3.05) is 25.7 Å². The van der Waals surface area contributed by atoms with Gasteiger partial charge < -0.3 is 20.6 Å². The number of aryl methyl sites for hydroxylation is 6. The van der Waals surface area contributed by atoms with Crippen molar-refractivity contribution < 1.29 is 59.8 Å². The molecule has 438 valence electrons. The van der Waals surface area contributed by atoms with Gasteiger partial charge >= 0.3 is 17.9 Å². The van der Waals surface area contributed by atoms with Gasteiger partial charge in [0.2, 0.25) is 15.9 Å². The highest BCUT2D eigenvalue weighted by Crippen LogP contribution is 2.26. The molecule has 17 nitrogen and oxygen atoms in total. The molecule has 0 fully saturated rings. The van der Waals surface area contributed by atoms with E-state index in [1.54, 1.807) is 97.1 Å². The number of anilines is 4. The first-order valence-electron chi connectivity index (χ1n) is 26.3. The number of halogens is 1. The molecular weight excluding hydrogens is 1150 g/mol. The van der Waals surface area contributed by atoms with Crippen molar-refractivity contribution in [3.05, 3.63) is 249 Å². The number of para-hydroxylation sites is 3. The third kappa shape index (κ3) is 20.9. The van der Waals surface area contributed by atoms with Crippen LogP contribution in [0.5, 0.6) is 0 Å². The van der Waals surface area contributed by atoms with E-state index in [9.17, 15) is 44.4 Å². The van der Waals surface area contributed by atoms with Gasteiger partial charge in [-0.2, -0.15) is 0 Å². The maximum Gasteiger partial charge on any atom is 0.335 e. The van der Waals surface area contributed by atoms with Gasteiger partial charge in [0.05, 0.1) is 49.8 Å². The normalized spacial score (nSPS) is 11.1. The van der Waals surface area contributed by atoms with Crippen molar-refractivity contribution in [2.24, 2.45) is 0 Å². The molecule has 0 heterocycles. The van der Waals surface area contributed by atoms with Crippen LogP contribution in [0.4, 0.5) is 22.7 Å². The molecule has 7 N–H and O–H groups in total. The molecule has 84 heavy (non-hydrogen) atoms. The summed E-state index contributed by atoms with van der Waals surface area (Å²) in [4.78, 5) is 44.1. The van der Waals surface area contributed by atoms with E-state index in [-0.39, 0.29) is 32.4 Å². The van der Waals surface area contributed by atoms with Crippen LogP contribution in [0.15, 0.2) is 204 Å². The molecular formula is C63H63ClN4O13S3. The molecule has 0 aliphatic heterocycles. The van der Waals surface area contributed by atoms with Crippen LogP contribution in [0.3, 0.4) is 0 Å². The fraction of sp³-hybridized carbons (Fsp3) is 0.175. The number of benzene rings is 8. The number of hydrogen-bond acceptors (Lipinski definition) is 10. The highest BCUT2D eigenvalue weighted by Gasteiger charge is 2.18. The molecule has 21 heteroatoms. The maximum atomic E-state index is 12.8. The van der Waals surface area contributed by atoms with Gasteiger partial charge in [-0.25, -0.2) is 39.6 Å². The lowest BCUT2D eigenvalue weighted by molar-refractivity contribution is -0.114. The lowest BCUT2D eigenvalue weighted by atomic mass is 10.0. The Morgan fingerprint density at radius 2 is 0.690 bits per heavy atom. The standard InChI is InChI=1S/C24H24N2O5S.C22H20ClNO4S.C17H19NO4S/c1-17(27)25-21-13-15-22(16-14-21)32(30,31)26-23-8-3-2-6-19(23)7-4-5-18-9-11-20(12-10-18)24(28)29;23-19-12-14-20(15-13-19)29(27,28)24-21-7-2-1-5-17(21)6-3-4-16-8-10-18(11-9-16)22(25)26;1-23(21,22)18-16-8-3-2-6-14(16)7-4-5-13-9-11-15(12-10-13)17(19)20/h2-3,6,8-16,26H,4-5,7H2,1H3,(H,25,27)(H,28,29);1-2,5,7-15,24H,3-4,6H2,(H,25,26);2-3,6,8-12,18H,4-5,7H2,1H3,(H,19,20). The molecule has 0 radical (unpaired) electrons. The maximum absolute atomic E-state index is 12.8. The number of carbonyl (C=O) groups is 4. The van der Waals surface area contributed by atoms with E-state index in [0.29, 0.717) is 40.6 Å². The summed E-state index contributed by atoms with van der Waals surface area (Å²) in [5, 5.41) is 29.9. The Bertz CT molecular complexity index is 3890. The van der Waals surface area contributed by atoms with E-state index in [4.69, 9.17) is 26.9 Å². The molecule has 0 atom stereocenters. The monoisotopic (exact) mass is 1210 g/mol. The molecule has 0 saturated heterocycles. The van der Waals surface area contributed by atoms with E-state index < -0.39 is 48.0 Å². The smallest absolute Gasteiger partial charge is 0.335 e. The van der Waals surface area contributed by atoms with Gasteiger partial charge in [-0.1, -0.05) is 103 Å². The Morgan fingerprint density at radius 3 is 0.988 bits per heavy atom. The zero-order valence-corrected chi connectivity index (χ0v) is 49.1. The third-order valence-electron chi connectivity index (χ3n) is 12.8. The number of sulfonamides is 3. The second-order valence-electron chi connectivity index (χ2n) is 19.3. The lowest BCUT2D eigenvalue weighted by Crippen LogP contribution is -2.14. The highest BCUT2D eigenvalue weighted by atomic mass is 35.5. The molecule has 8 aromatic carbocycles. The van der Waals surface area contributed by atoms with Crippen LogP contribution in [0.1, 0.15) is 90.6 Å². The van der Waals surface area contributed by atoms with E-state index in [1.807, 2.05) is 48.5 Å². The summed E-state index contributed by atoms with van der Waals surface area (Å²) in [7, 11) is -10.8. The summed E-state index contributed by atoms with van der Waals surface area (Å²) in [5.74, 6) is -3.07. The van der Waals surface area contributed by atoms with Gasteiger partial charge in [0.15, 0.2) is 0 Å². The second-order valence-corrected chi connectivity index (χ2v) is 24.8. The third-order valence-corrected chi connectivity index (χ3v) is 16.4. The molecule has 8 aromatic rings. The average molecular weight is 1220 g/mol. The van der Waals surface area contributed by atoms with Gasteiger partial charge in [0.25, 0.3) is 20.0 Å². The minimum absolute atomic E-state index is 0.0972. The number of hydrogen-bond donors (Lipinski definition) is 7. The van der Waals surface area contributed by atoms with Crippen LogP contribution in [-0.4, -0.2) is 70.6 Å². The number of carbonyl (C=O) groups excluding carboxylic acids is 1. The number of carboxylic acid groups (broad SMARTS) is 3. The number of rotatable bonds is 24. The van der Waals surface area contributed by atoms with Crippen molar-refractivity contribution in [2.45, 2.75) is 74.5 Å². The van der Waals surface area contributed by atoms with Gasteiger partial charge in [-0.3, -0.25) is 19.0 Å². The van der Waals surface area contributed by atoms with E-state index in [2.05, 4.69) is 19.5 Å². The average Bonchev–Trinajstić information content (AvgIpc) is 3.37. The van der Waals surface area contributed by atoms with Crippen molar-refractivity contribution >= 4 is 88.2 Å². The Balaban J connectivity index is 0.000000205. The van der Waals surface area contributed by atoms with Crippen molar-refractivity contribution in [3.63, 3.8) is 0 Å². The van der Waals surface area contributed by atoms with Gasteiger partial charge in [0, 0.05) is 17.6 Å². The molecule has 0 spiro atoms. The first-order chi connectivity index (χ1) is 39.9. The minimum Gasteiger partial charge on any atom is -0.478 e. The van der Waals surface area contributed by atoms with Crippen molar-refractivity contribution in [1.29, 1.82) is 0 Å². The molecule has 8 rings (SSSR count). The highest BCUT2D eigenvalue weighted by molar-refractivity contribution is 7.93. The Kier molecular flexibility index (Phi) is 23.3. The summed E-state index contributed by atoms with van der Waals surface area (Å²) in [5.41, 5.74) is 8.80. The Morgan fingerprint density at radius 1 is 0.393 bits per heavy atom. The van der Waals surface area contributed by atoms with Crippen LogP contribution < -0.4 is 19.5 Å². The van der Waals surface area contributed by atoms with Crippen LogP contribution in [0.25, 0.3) is 0 Å². The summed E-state index contributed by atoms with van der Waals surface area (Å²) in [6.45, 7) is 1.38. The summed E-state index contributed by atoms with van der Waals surface area (Å²) < 4.78 is 81.5. The van der Waals surface area contributed by atoms with E-state index in [1.165, 1.54) is 55.5 Å². The fourth-order valence-electron chi connectivity index (χ4n) is 8.55. The molecule has 0 aliphatic rings. The quantitative estimate of drug-likeness (QED) is 0.0297. The topological polar surface area (TPSA) is 280 Å². The van der Waals surface area contributed by atoms with Crippen LogP contribution in [0, 0.1) is 0 Å². The predicted molar refractivity (Wildman–Crippen MR) is 328 cm³/mol. The minimum atomic E-state index is -3.79. The number of aromatic carboxylic acids is 3. The van der Waals surface area contributed by atoms with Gasteiger partial charge in [-0.05, 0) is 194 Å². The SMILES string of the molecule is CC(=O)Nc1ccc(S(=O)(=O)Nc2ccccc2CCCc2ccc(C(=O)O)cc2)cc1.CS(=O)(=O)Nc1ccccc1CCCc1ccc(C(=O)O)cc1.O=C(O)c1ccc(CCCc2ccccc2NS(=O)(=O)c2ccc(Cl)cc2)cc1. The van der Waals surface area contributed by atoms with Crippen molar-refractivity contribution in [1.82, 2.24) is 0 Å². The lowest BCUT2D eigenvalue weighted by Gasteiger charge is -2.13. The molecule has 0 aromatic heterocycles. The molecule has 0 aliphatic carbocycles. The van der Waals surface area contributed by atoms with Crippen LogP contribution in [-0.2, 0) is 73.4 Å². The molecule has 0 saturated carbocycles. The largest absolute Gasteiger partial charge is 0.478 e. The van der Waals surface area contributed by atoms with Crippen LogP contribution >= 0.6 is 11.6 Å². The first kappa shape index (κ1) is 64.3.